The van der Waals surface area contributed by atoms with Gasteiger partial charge in [-0.15, -0.1) is 0 Å². The summed E-state index contributed by atoms with van der Waals surface area (Å²) in [6.07, 6.45) is 2.22. The fraction of sp³-hybridized carbons (Fsp3) is 0.600. The first-order valence-corrected chi connectivity index (χ1v) is 7.03. The third kappa shape index (κ3) is 2.93. The van der Waals surface area contributed by atoms with Crippen molar-refractivity contribution in [2.75, 3.05) is 32.1 Å². The molecule has 2 heterocycles. The minimum atomic E-state index is -0.892. The van der Waals surface area contributed by atoms with Crippen molar-refractivity contribution in [3.8, 4) is 0 Å². The lowest BCUT2D eigenvalue weighted by Gasteiger charge is -2.37. The number of hydrogen-bond acceptors (Lipinski definition) is 4. The summed E-state index contributed by atoms with van der Waals surface area (Å²) >= 11 is 0. The molecule has 1 aromatic heterocycles. The van der Waals surface area contributed by atoms with Crippen LogP contribution in [0.25, 0.3) is 0 Å². The second kappa shape index (κ2) is 5.79. The molecule has 0 radical (unpaired) electrons. The van der Waals surface area contributed by atoms with Gasteiger partial charge in [0.05, 0.1) is 0 Å². The fourth-order valence-corrected chi connectivity index (χ4v) is 2.88. The van der Waals surface area contributed by atoms with E-state index in [1.165, 1.54) is 0 Å². The summed E-state index contributed by atoms with van der Waals surface area (Å²) in [5, 5.41) is 9.47. The van der Waals surface area contributed by atoms with Crippen molar-refractivity contribution in [1.82, 2.24) is 9.88 Å². The molecule has 1 aliphatic rings. The zero-order chi connectivity index (χ0) is 14.9. The molecule has 1 fully saturated rings. The largest absolute Gasteiger partial charge is 0.478 e. The van der Waals surface area contributed by atoms with Crippen LogP contribution < -0.4 is 4.90 Å². The molecule has 1 N–H and O–H groups in total. The number of nitrogens with zero attached hydrogens (tertiary/aromatic N) is 3. The number of pyridine rings is 1. The molecule has 0 aliphatic carbocycles. The van der Waals surface area contributed by atoms with E-state index in [0.717, 1.165) is 37.2 Å². The Balaban J connectivity index is 2.38. The summed E-state index contributed by atoms with van der Waals surface area (Å²) < 4.78 is 0. The van der Waals surface area contributed by atoms with Crippen LogP contribution in [0, 0.1) is 13.8 Å². The summed E-state index contributed by atoms with van der Waals surface area (Å²) in [5.74, 6) is -0.265. The van der Waals surface area contributed by atoms with Gasteiger partial charge in [0.15, 0.2) is 0 Å². The average Bonchev–Trinajstić information content (AvgIpc) is 2.37. The van der Waals surface area contributed by atoms with Gasteiger partial charge in [0.2, 0.25) is 0 Å². The van der Waals surface area contributed by atoms with E-state index in [2.05, 4.69) is 28.9 Å². The summed E-state index contributed by atoms with van der Waals surface area (Å²) in [4.78, 5) is 20.4. The monoisotopic (exact) mass is 277 g/mol. The third-order valence-electron chi connectivity index (χ3n) is 3.97. The molecule has 0 bridgehead atoms. The second-order valence-corrected chi connectivity index (χ2v) is 5.79. The second-order valence-electron chi connectivity index (χ2n) is 5.79. The Bertz CT molecular complexity index is 514. The van der Waals surface area contributed by atoms with Gasteiger partial charge < -0.3 is 14.9 Å². The molecule has 0 aromatic carbocycles. The van der Waals surface area contributed by atoms with Crippen LogP contribution in [0.4, 0.5) is 5.82 Å². The predicted octanol–water partition coefficient (Wildman–Crippen LogP) is 1.93. The van der Waals surface area contributed by atoms with Gasteiger partial charge in [-0.2, -0.15) is 0 Å². The lowest BCUT2D eigenvalue weighted by Crippen LogP contribution is -2.46. The summed E-state index contributed by atoms with van der Waals surface area (Å²) in [5.41, 5.74) is 2.00. The number of likely N-dealkylation sites (N-methyl/N-ethyl adjacent to an activating group) is 1. The first kappa shape index (κ1) is 14.8. The number of rotatable bonds is 3. The normalized spacial score (nSPS) is 19.4. The van der Waals surface area contributed by atoms with Crippen molar-refractivity contribution in [2.24, 2.45) is 0 Å². The van der Waals surface area contributed by atoms with E-state index in [-0.39, 0.29) is 0 Å². The van der Waals surface area contributed by atoms with Crippen molar-refractivity contribution in [3.63, 3.8) is 0 Å². The van der Waals surface area contributed by atoms with Crippen molar-refractivity contribution in [3.05, 3.63) is 22.9 Å². The molecule has 110 valence electrons. The maximum absolute atomic E-state index is 11.5. The Hall–Kier alpha value is -1.62. The van der Waals surface area contributed by atoms with Crippen LogP contribution in [0.3, 0.4) is 0 Å². The lowest BCUT2D eigenvalue weighted by molar-refractivity contribution is 0.0696. The van der Waals surface area contributed by atoms with Gasteiger partial charge in [0, 0.05) is 24.8 Å². The topological polar surface area (TPSA) is 56.7 Å². The van der Waals surface area contributed by atoms with E-state index in [1.54, 1.807) is 0 Å². The van der Waals surface area contributed by atoms with E-state index in [9.17, 15) is 9.90 Å². The zero-order valence-electron chi connectivity index (χ0n) is 12.7. The molecule has 5 heteroatoms. The smallest absolute Gasteiger partial charge is 0.339 e. The van der Waals surface area contributed by atoms with E-state index in [4.69, 9.17) is 0 Å². The van der Waals surface area contributed by atoms with Crippen LogP contribution in [-0.2, 0) is 0 Å². The Morgan fingerprint density at radius 1 is 1.45 bits per heavy atom. The van der Waals surface area contributed by atoms with Crippen LogP contribution >= 0.6 is 0 Å². The molecule has 2 rings (SSSR count). The van der Waals surface area contributed by atoms with Crippen molar-refractivity contribution in [1.29, 1.82) is 0 Å². The minimum Gasteiger partial charge on any atom is -0.478 e. The molecule has 20 heavy (non-hydrogen) atoms. The molecule has 1 aromatic rings. The van der Waals surface area contributed by atoms with E-state index in [0.29, 0.717) is 17.4 Å². The van der Waals surface area contributed by atoms with Gasteiger partial charge in [-0.05, 0) is 52.4 Å². The van der Waals surface area contributed by atoms with Crippen LogP contribution in [0.5, 0.6) is 0 Å². The number of piperidine rings is 1. The Morgan fingerprint density at radius 2 is 2.15 bits per heavy atom. The highest BCUT2D eigenvalue weighted by molar-refractivity contribution is 5.95. The fourth-order valence-electron chi connectivity index (χ4n) is 2.88. The van der Waals surface area contributed by atoms with Crippen molar-refractivity contribution >= 4 is 11.8 Å². The van der Waals surface area contributed by atoms with Crippen LogP contribution in [-0.4, -0.2) is 54.2 Å². The maximum atomic E-state index is 11.5. The van der Waals surface area contributed by atoms with Gasteiger partial charge in [0.25, 0.3) is 0 Å². The van der Waals surface area contributed by atoms with Crippen LogP contribution in [0.2, 0.25) is 0 Å². The summed E-state index contributed by atoms with van der Waals surface area (Å²) in [6, 6.07) is 2.29. The molecular formula is C15H23N3O2. The molecule has 5 nitrogen and oxygen atoms in total. The van der Waals surface area contributed by atoms with E-state index in [1.807, 2.05) is 19.9 Å². The highest BCUT2D eigenvalue weighted by Gasteiger charge is 2.26. The molecule has 1 aliphatic heterocycles. The zero-order valence-corrected chi connectivity index (χ0v) is 12.7. The van der Waals surface area contributed by atoms with Crippen molar-refractivity contribution in [2.45, 2.75) is 32.7 Å². The number of aromatic nitrogens is 1. The Labute approximate surface area is 120 Å². The highest BCUT2D eigenvalue weighted by Crippen LogP contribution is 2.26. The third-order valence-corrected chi connectivity index (χ3v) is 3.97. The molecular weight excluding hydrogens is 254 g/mol. The van der Waals surface area contributed by atoms with Crippen molar-refractivity contribution < 1.29 is 9.90 Å². The standard InChI is InChI=1S/C15H23N3O2/c1-10-8-11(2)16-14(13(10)15(19)20)18-7-5-6-12(9-18)17(3)4/h8,12H,5-7,9H2,1-4H3,(H,19,20). The summed E-state index contributed by atoms with van der Waals surface area (Å²) in [6.45, 7) is 5.47. The Kier molecular flexibility index (Phi) is 4.28. The average molecular weight is 277 g/mol. The van der Waals surface area contributed by atoms with Crippen LogP contribution in [0.15, 0.2) is 6.07 Å². The number of carboxylic acids is 1. The lowest BCUT2D eigenvalue weighted by atomic mass is 10.0. The van der Waals surface area contributed by atoms with Gasteiger partial charge >= 0.3 is 5.97 Å². The quantitative estimate of drug-likeness (QED) is 0.915. The number of anilines is 1. The number of carboxylic acid groups (broad SMARTS) is 1. The molecule has 0 spiro atoms. The molecule has 0 amide bonds. The highest BCUT2D eigenvalue weighted by atomic mass is 16.4. The van der Waals surface area contributed by atoms with Gasteiger partial charge in [0.1, 0.15) is 11.4 Å². The number of carbonyl (C=O) groups is 1. The predicted molar refractivity (Wildman–Crippen MR) is 79.6 cm³/mol. The maximum Gasteiger partial charge on any atom is 0.339 e. The van der Waals surface area contributed by atoms with Crippen LogP contribution in [0.1, 0.15) is 34.5 Å². The molecule has 1 unspecified atom stereocenters. The van der Waals surface area contributed by atoms with E-state index >= 15 is 0 Å². The molecule has 1 saturated heterocycles. The number of hydrogen-bond donors (Lipinski definition) is 1. The number of aromatic carboxylic acids is 1. The van der Waals surface area contributed by atoms with Gasteiger partial charge in [-0.3, -0.25) is 0 Å². The van der Waals surface area contributed by atoms with Gasteiger partial charge in [-0.25, -0.2) is 9.78 Å². The van der Waals surface area contributed by atoms with Gasteiger partial charge in [-0.1, -0.05) is 0 Å². The van der Waals surface area contributed by atoms with E-state index < -0.39 is 5.97 Å². The first-order chi connectivity index (χ1) is 9.40. The SMILES string of the molecule is Cc1cc(C)c(C(=O)O)c(N2CCCC(N(C)C)C2)n1. The molecule has 1 atom stereocenters. The Morgan fingerprint density at radius 3 is 2.75 bits per heavy atom. The number of aryl methyl sites for hydroxylation is 2. The minimum absolute atomic E-state index is 0.343. The first-order valence-electron chi connectivity index (χ1n) is 7.03. The summed E-state index contributed by atoms with van der Waals surface area (Å²) in [7, 11) is 4.14. The molecule has 0 saturated carbocycles.